The topological polar surface area (TPSA) is 0 Å². The van der Waals surface area contributed by atoms with Crippen molar-refractivity contribution in [1.82, 2.24) is 0 Å². The Morgan fingerprint density at radius 3 is 2.33 bits per heavy atom. The van der Waals surface area contributed by atoms with E-state index in [0.29, 0.717) is 5.92 Å². The van der Waals surface area contributed by atoms with Crippen molar-refractivity contribution >= 4 is 0 Å². The number of halogens is 4. The van der Waals surface area contributed by atoms with E-state index in [9.17, 15) is 17.6 Å². The Hall–Kier alpha value is -1.76. The third-order valence-corrected chi connectivity index (χ3v) is 3.91. The zero-order chi connectivity index (χ0) is 15.5. The van der Waals surface area contributed by atoms with Gasteiger partial charge >= 0.3 is 6.18 Å². The number of alkyl halides is 3. The van der Waals surface area contributed by atoms with Gasteiger partial charge in [0.2, 0.25) is 0 Å². The molecule has 112 valence electrons. The maximum Gasteiger partial charge on any atom is 0.458 e. The molecule has 0 atom stereocenters. The average Bonchev–Trinajstić information content (AvgIpc) is 2.45. The lowest BCUT2D eigenvalue weighted by atomic mass is 9.78. The van der Waals surface area contributed by atoms with E-state index in [1.54, 1.807) is 6.07 Å². The van der Waals surface area contributed by atoms with Crippen LogP contribution in [0, 0.1) is 23.6 Å². The molecular weight excluding hydrogens is 280 g/mol. The van der Waals surface area contributed by atoms with Crippen molar-refractivity contribution in [3.63, 3.8) is 0 Å². The molecule has 0 radical (unpaired) electrons. The van der Waals surface area contributed by atoms with Crippen molar-refractivity contribution in [3.8, 4) is 11.8 Å². The number of allylic oxidation sites excluding steroid dienone is 1. The molecule has 2 rings (SSSR count). The molecule has 0 aromatic heterocycles. The summed E-state index contributed by atoms with van der Waals surface area (Å²) in [7, 11) is 0. The third-order valence-electron chi connectivity index (χ3n) is 3.91. The van der Waals surface area contributed by atoms with Crippen LogP contribution in [0.1, 0.15) is 42.7 Å². The molecule has 1 aliphatic rings. The number of benzene rings is 1. The molecule has 1 aromatic carbocycles. The van der Waals surface area contributed by atoms with Gasteiger partial charge in [0.05, 0.1) is 5.56 Å². The van der Waals surface area contributed by atoms with Crippen molar-refractivity contribution in [1.29, 1.82) is 0 Å². The van der Waals surface area contributed by atoms with Crippen LogP contribution in [0.5, 0.6) is 0 Å². The fourth-order valence-electron chi connectivity index (χ4n) is 2.71. The summed E-state index contributed by atoms with van der Waals surface area (Å²) >= 11 is 0. The lowest BCUT2D eigenvalue weighted by Gasteiger charge is -2.27. The van der Waals surface area contributed by atoms with Crippen molar-refractivity contribution in [2.75, 3.05) is 0 Å². The van der Waals surface area contributed by atoms with E-state index in [1.165, 1.54) is 12.1 Å². The van der Waals surface area contributed by atoms with Gasteiger partial charge in [-0.3, -0.25) is 0 Å². The summed E-state index contributed by atoms with van der Waals surface area (Å²) in [4.78, 5) is 0. The Balaban J connectivity index is 2.12. The van der Waals surface area contributed by atoms with Gasteiger partial charge in [0.25, 0.3) is 0 Å². The maximum atomic E-state index is 13.8. The monoisotopic (exact) mass is 296 g/mol. The van der Waals surface area contributed by atoms with Gasteiger partial charge < -0.3 is 0 Å². The first-order valence-corrected chi connectivity index (χ1v) is 6.91. The molecular formula is C17H16F4. The minimum Gasteiger partial charge on any atom is -0.206 e. The predicted molar refractivity (Wildman–Crippen MR) is 74.2 cm³/mol. The second-order valence-electron chi connectivity index (χ2n) is 5.33. The molecule has 4 heteroatoms. The van der Waals surface area contributed by atoms with Crippen LogP contribution in [0.15, 0.2) is 30.9 Å². The first-order valence-electron chi connectivity index (χ1n) is 6.91. The smallest absolute Gasteiger partial charge is 0.206 e. The number of hydrogen-bond acceptors (Lipinski definition) is 0. The molecule has 0 aliphatic heterocycles. The van der Waals surface area contributed by atoms with Crippen molar-refractivity contribution < 1.29 is 17.6 Å². The summed E-state index contributed by atoms with van der Waals surface area (Å²) in [5.74, 6) is 3.02. The minimum absolute atomic E-state index is 0.212. The van der Waals surface area contributed by atoms with Crippen LogP contribution in [0.3, 0.4) is 0 Å². The zero-order valence-corrected chi connectivity index (χ0v) is 11.5. The molecule has 1 aromatic rings. The van der Waals surface area contributed by atoms with E-state index in [1.807, 2.05) is 12.0 Å². The van der Waals surface area contributed by atoms with E-state index in [-0.39, 0.29) is 11.5 Å². The summed E-state index contributed by atoms with van der Waals surface area (Å²) in [5, 5.41) is 0. The van der Waals surface area contributed by atoms with E-state index in [4.69, 9.17) is 0 Å². The quantitative estimate of drug-likeness (QED) is 0.400. The van der Waals surface area contributed by atoms with Crippen molar-refractivity contribution in [2.45, 2.75) is 37.8 Å². The average molecular weight is 296 g/mol. The largest absolute Gasteiger partial charge is 0.458 e. The van der Waals surface area contributed by atoms with Crippen molar-refractivity contribution in [3.05, 3.63) is 47.8 Å². The van der Waals surface area contributed by atoms with Gasteiger partial charge in [0.1, 0.15) is 5.82 Å². The molecule has 0 nitrogen and oxygen atoms in total. The van der Waals surface area contributed by atoms with Crippen molar-refractivity contribution in [2.24, 2.45) is 5.92 Å². The molecule has 0 heterocycles. The highest BCUT2D eigenvalue weighted by Gasteiger charge is 2.24. The van der Waals surface area contributed by atoms with Crippen LogP contribution >= 0.6 is 0 Å². The third kappa shape index (κ3) is 4.35. The van der Waals surface area contributed by atoms with E-state index >= 15 is 0 Å². The second-order valence-corrected chi connectivity index (χ2v) is 5.33. The van der Waals surface area contributed by atoms with E-state index < -0.39 is 12.0 Å². The molecule has 1 saturated carbocycles. The standard InChI is InChI=1S/C17H16F4/c1-2-12-3-5-13(6-4-12)15-8-7-14(16(18)11-15)9-10-17(19,20)21/h2,7-8,11-13H,1,3-6H2. The van der Waals surface area contributed by atoms with Gasteiger partial charge in [-0.2, -0.15) is 13.2 Å². The first-order chi connectivity index (χ1) is 9.89. The normalized spacial score (nSPS) is 22.3. The molecule has 0 bridgehead atoms. The van der Waals surface area contributed by atoms with Crippen LogP contribution in [0.2, 0.25) is 0 Å². The second kappa shape index (κ2) is 6.34. The summed E-state index contributed by atoms with van der Waals surface area (Å²) in [6, 6.07) is 4.34. The Morgan fingerprint density at radius 2 is 1.81 bits per heavy atom. The maximum absolute atomic E-state index is 13.8. The molecule has 0 N–H and O–H groups in total. The Labute approximate surface area is 121 Å². The summed E-state index contributed by atoms with van der Waals surface area (Å²) < 4.78 is 49.9. The molecule has 0 saturated heterocycles. The van der Waals surface area contributed by atoms with E-state index in [0.717, 1.165) is 37.2 Å². The molecule has 0 spiro atoms. The van der Waals surface area contributed by atoms with Crippen LogP contribution in [-0.4, -0.2) is 6.18 Å². The fraction of sp³-hybridized carbons (Fsp3) is 0.412. The Bertz CT molecular complexity index is 567. The van der Waals surface area contributed by atoms with Crippen LogP contribution in [0.4, 0.5) is 17.6 Å². The highest BCUT2D eigenvalue weighted by atomic mass is 19.4. The van der Waals surface area contributed by atoms with Crippen LogP contribution in [-0.2, 0) is 0 Å². The summed E-state index contributed by atoms with van der Waals surface area (Å²) in [6.07, 6.45) is 1.28. The molecule has 0 unspecified atom stereocenters. The lowest BCUT2D eigenvalue weighted by molar-refractivity contribution is -0.0696. The van der Waals surface area contributed by atoms with Gasteiger partial charge in [-0.05, 0) is 55.2 Å². The minimum atomic E-state index is -4.60. The highest BCUT2D eigenvalue weighted by Crippen LogP contribution is 2.36. The van der Waals surface area contributed by atoms with Gasteiger partial charge in [-0.1, -0.05) is 18.1 Å². The summed E-state index contributed by atoms with van der Waals surface area (Å²) in [5.41, 5.74) is 0.628. The lowest BCUT2D eigenvalue weighted by Crippen LogP contribution is -2.11. The fourth-order valence-corrected chi connectivity index (χ4v) is 2.71. The van der Waals surface area contributed by atoms with Gasteiger partial charge in [-0.15, -0.1) is 6.58 Å². The van der Waals surface area contributed by atoms with Crippen LogP contribution < -0.4 is 0 Å². The molecule has 21 heavy (non-hydrogen) atoms. The Morgan fingerprint density at radius 1 is 1.14 bits per heavy atom. The van der Waals surface area contributed by atoms with E-state index in [2.05, 4.69) is 6.58 Å². The predicted octanol–water partition coefficient (Wildman–Crippen LogP) is 5.20. The van der Waals surface area contributed by atoms with Gasteiger partial charge in [0.15, 0.2) is 0 Å². The highest BCUT2D eigenvalue weighted by molar-refractivity contribution is 5.39. The molecule has 1 fully saturated rings. The first kappa shape index (κ1) is 15.6. The SMILES string of the molecule is C=CC1CCC(c2ccc(C#CC(F)(F)F)c(F)c2)CC1. The molecule has 1 aliphatic carbocycles. The zero-order valence-electron chi connectivity index (χ0n) is 11.5. The summed E-state index contributed by atoms with van der Waals surface area (Å²) in [6.45, 7) is 3.78. The van der Waals surface area contributed by atoms with Crippen LogP contribution in [0.25, 0.3) is 0 Å². The van der Waals surface area contributed by atoms with Gasteiger partial charge in [0, 0.05) is 5.92 Å². The van der Waals surface area contributed by atoms with Gasteiger partial charge in [-0.25, -0.2) is 4.39 Å². The molecule has 0 amide bonds. The number of rotatable bonds is 2. The Kier molecular flexibility index (Phi) is 4.72. The number of hydrogen-bond donors (Lipinski definition) is 0.